The first-order valence-electron chi connectivity index (χ1n) is 21.9. The monoisotopic (exact) mass is 867 g/mol. The molecular weight excluding hydrogens is 807 g/mol. The summed E-state index contributed by atoms with van der Waals surface area (Å²) in [5.74, 6) is 0.531. The van der Waals surface area contributed by atoms with E-state index in [0.29, 0.717) is 42.2 Å². The first-order valence-corrected chi connectivity index (χ1v) is 25.0. The third-order valence-corrected chi connectivity index (χ3v) is 17.5. The van der Waals surface area contributed by atoms with E-state index in [1.807, 2.05) is 76.4 Å². The molecule has 1 aromatic heterocycles. The number of aliphatic hydroxyl groups excluding tert-OH is 1. The van der Waals surface area contributed by atoms with Gasteiger partial charge in [0.1, 0.15) is 11.5 Å². The molecule has 2 amide bonds. The van der Waals surface area contributed by atoms with Crippen molar-refractivity contribution >= 4 is 36.4 Å². The highest BCUT2D eigenvalue weighted by molar-refractivity contribution is 6.91. The van der Waals surface area contributed by atoms with Gasteiger partial charge in [-0.1, -0.05) is 96.2 Å². The summed E-state index contributed by atoms with van der Waals surface area (Å²) in [5, 5.41) is 23.7. The first-order chi connectivity index (χ1) is 30.3. The number of anilines is 2. The molecule has 5 atom stereocenters. The molecule has 12 heteroatoms. The van der Waals surface area contributed by atoms with Crippen LogP contribution in [0.5, 0.6) is 11.5 Å². The summed E-state index contributed by atoms with van der Waals surface area (Å²) in [4.78, 5) is 31.0. The van der Waals surface area contributed by atoms with Gasteiger partial charge in [0.15, 0.2) is 5.60 Å². The van der Waals surface area contributed by atoms with Crippen LogP contribution in [0.25, 0.3) is 0 Å². The summed E-state index contributed by atoms with van der Waals surface area (Å²) in [6, 6.07) is 30.9. The molecule has 330 valence electrons. The Bertz CT molecular complexity index is 2440. The van der Waals surface area contributed by atoms with Crippen LogP contribution in [0.3, 0.4) is 0 Å². The fraction of sp³-hybridized carbons (Fsp3) is 0.373. The number of aromatic nitrogens is 3. The molecule has 0 aliphatic carbocycles. The summed E-state index contributed by atoms with van der Waals surface area (Å²) in [5.41, 5.74) is 5.41. The molecule has 1 spiro atoms. The van der Waals surface area contributed by atoms with Gasteiger partial charge < -0.3 is 29.5 Å². The first kappa shape index (κ1) is 45.2. The predicted molar refractivity (Wildman–Crippen MR) is 252 cm³/mol. The number of nitrogens with one attached hydrogen (secondary N) is 1. The maximum atomic E-state index is 15.5. The smallest absolute Gasteiger partial charge is 0.264 e. The van der Waals surface area contributed by atoms with Crippen molar-refractivity contribution in [3.05, 3.63) is 149 Å². The number of nitrogens with zero attached hydrogens (tertiary/aromatic N) is 4. The van der Waals surface area contributed by atoms with E-state index in [0.717, 1.165) is 35.4 Å². The number of allylic oxidation sites excluding steroid dienone is 3. The van der Waals surface area contributed by atoms with E-state index < -0.39 is 13.7 Å². The number of hydrogen-bond acceptors (Lipinski definition) is 8. The van der Waals surface area contributed by atoms with Crippen LogP contribution >= 0.6 is 0 Å². The maximum Gasteiger partial charge on any atom is 0.264 e. The molecule has 1 unspecified atom stereocenters. The number of methoxy groups -OCH3 is 2. The third kappa shape index (κ3) is 9.30. The highest BCUT2D eigenvalue weighted by Crippen LogP contribution is 2.60. The quantitative estimate of drug-likeness (QED) is 0.0701. The van der Waals surface area contributed by atoms with Crippen LogP contribution in [0.15, 0.2) is 127 Å². The second-order valence-corrected chi connectivity index (χ2v) is 22.4. The van der Waals surface area contributed by atoms with Crippen molar-refractivity contribution in [2.75, 3.05) is 37.6 Å². The van der Waals surface area contributed by atoms with Gasteiger partial charge >= 0.3 is 0 Å². The van der Waals surface area contributed by atoms with Gasteiger partial charge in [-0.15, -0.1) is 5.10 Å². The van der Waals surface area contributed by atoms with E-state index in [1.54, 1.807) is 38.5 Å². The zero-order chi connectivity index (χ0) is 44.9. The Balaban J connectivity index is 1.27. The van der Waals surface area contributed by atoms with Crippen molar-refractivity contribution in [2.45, 2.75) is 89.8 Å². The van der Waals surface area contributed by atoms with Gasteiger partial charge in [0.2, 0.25) is 0 Å². The van der Waals surface area contributed by atoms with E-state index in [-0.39, 0.29) is 41.9 Å². The number of amides is 2. The number of carbonyl (C=O) groups is 2. The summed E-state index contributed by atoms with van der Waals surface area (Å²) in [6.07, 6.45) is 8.36. The van der Waals surface area contributed by atoms with Gasteiger partial charge in [0.05, 0.1) is 52.3 Å². The van der Waals surface area contributed by atoms with Crippen molar-refractivity contribution in [2.24, 2.45) is 5.92 Å². The molecule has 7 rings (SSSR count). The Morgan fingerprint density at radius 2 is 1.63 bits per heavy atom. The average molecular weight is 868 g/mol. The number of aryl methyl sites for hydroxylation is 1. The lowest BCUT2D eigenvalue weighted by atomic mass is 9.82. The molecule has 2 N–H and O–H groups in total. The Morgan fingerprint density at radius 1 is 0.952 bits per heavy atom. The second-order valence-electron chi connectivity index (χ2n) is 17.7. The Hall–Kier alpha value is -5.82. The van der Waals surface area contributed by atoms with Crippen LogP contribution in [0.4, 0.5) is 11.4 Å². The van der Waals surface area contributed by atoms with E-state index in [9.17, 15) is 9.90 Å². The van der Waals surface area contributed by atoms with Crippen molar-refractivity contribution in [1.82, 2.24) is 15.0 Å². The molecule has 0 bridgehead atoms. The third-order valence-electron chi connectivity index (χ3n) is 13.1. The highest BCUT2D eigenvalue weighted by Gasteiger charge is 2.66. The molecule has 0 radical (unpaired) electrons. The fourth-order valence-corrected chi connectivity index (χ4v) is 13.7. The van der Waals surface area contributed by atoms with Gasteiger partial charge in [-0.25, -0.2) is 0 Å². The molecule has 1 saturated heterocycles. The molecule has 3 heterocycles. The average Bonchev–Trinajstić information content (AvgIpc) is 3.95. The largest absolute Gasteiger partial charge is 0.497 e. The SMILES string of the molecule is COc1ccc(C(=O)Nc2ccc3c(c2)[C@]2(O[C@@H](CCn4cc(C(CO)c5ccccc5)nn4)[C@H]([Si](C)(C)c4ccc(OC)cc4)[C@H]2C)C(=O)N3C/C=C(\C)CCC=C(C)C)cc1. The van der Waals surface area contributed by atoms with Crippen molar-refractivity contribution in [3.63, 3.8) is 0 Å². The van der Waals surface area contributed by atoms with E-state index in [2.05, 4.69) is 80.7 Å². The number of benzene rings is 4. The minimum absolute atomic E-state index is 0.0148. The van der Waals surface area contributed by atoms with Crippen LogP contribution in [0, 0.1) is 5.92 Å². The molecule has 11 nitrogen and oxygen atoms in total. The maximum absolute atomic E-state index is 15.5. The highest BCUT2D eigenvalue weighted by atomic mass is 28.3. The standard InChI is InChI=1S/C51H61N5O6Si/c1-34(2)13-12-14-35(3)27-30-56-46-26-19-39(52-49(58)38-17-20-40(60-5)21-18-38)31-44(46)51(50(56)59)36(4)48(63(7,8)42-24-22-41(61-6)23-25-42)47(62-51)28-29-55-32-45(53-54-55)43(33-57)37-15-10-9-11-16-37/h9-11,13,15-27,31-32,36,43,47-48,57H,12,14,28-30,33H2,1-8H3,(H,52,58)/b35-27+/t36-,43?,47+,48-,51+/m1/s1. The molecule has 0 saturated carbocycles. The fourth-order valence-electron chi connectivity index (χ4n) is 9.62. The number of fused-ring (bicyclic) bond motifs is 2. The molecular formula is C51H61N5O6Si. The zero-order valence-corrected chi connectivity index (χ0v) is 38.8. The van der Waals surface area contributed by atoms with Gasteiger partial charge in [-0.05, 0) is 106 Å². The lowest BCUT2D eigenvalue weighted by molar-refractivity contribution is -0.145. The number of rotatable bonds is 17. The van der Waals surface area contributed by atoms with Gasteiger partial charge in [-0.2, -0.15) is 0 Å². The topological polar surface area (TPSA) is 128 Å². The Labute approximate surface area is 372 Å². The Kier molecular flexibility index (Phi) is 13.8. The molecule has 63 heavy (non-hydrogen) atoms. The lowest BCUT2D eigenvalue weighted by Gasteiger charge is -2.37. The number of hydrogen-bond donors (Lipinski definition) is 2. The van der Waals surface area contributed by atoms with Crippen molar-refractivity contribution < 1.29 is 28.9 Å². The van der Waals surface area contributed by atoms with Gasteiger partial charge in [0, 0.05) is 42.0 Å². The number of ether oxygens (including phenoxy) is 3. The molecule has 5 aromatic rings. The van der Waals surface area contributed by atoms with E-state index in [4.69, 9.17) is 14.2 Å². The van der Waals surface area contributed by atoms with Crippen molar-refractivity contribution in [1.29, 1.82) is 0 Å². The Morgan fingerprint density at radius 3 is 2.29 bits per heavy atom. The summed E-state index contributed by atoms with van der Waals surface area (Å²) in [7, 11) is 0.808. The van der Waals surface area contributed by atoms with Crippen LogP contribution in [-0.4, -0.2) is 73.5 Å². The number of carbonyl (C=O) groups excluding carboxylic acids is 2. The molecule has 2 aliphatic rings. The van der Waals surface area contributed by atoms with Crippen LogP contribution in [0.2, 0.25) is 18.6 Å². The summed E-state index contributed by atoms with van der Waals surface area (Å²) < 4.78 is 20.1. The van der Waals surface area contributed by atoms with Crippen LogP contribution < -0.4 is 24.9 Å². The second kappa shape index (κ2) is 19.3. The minimum atomic E-state index is -2.45. The minimum Gasteiger partial charge on any atom is -0.497 e. The molecule has 4 aromatic carbocycles. The van der Waals surface area contributed by atoms with Crippen LogP contribution in [-0.2, 0) is 21.7 Å². The molecule has 1 fully saturated rings. The van der Waals surface area contributed by atoms with Gasteiger partial charge in [0.25, 0.3) is 11.8 Å². The predicted octanol–water partition coefficient (Wildman–Crippen LogP) is 9.02. The van der Waals surface area contributed by atoms with E-state index in [1.165, 1.54) is 16.3 Å². The lowest BCUT2D eigenvalue weighted by Crippen LogP contribution is -2.52. The summed E-state index contributed by atoms with van der Waals surface area (Å²) >= 11 is 0. The zero-order valence-electron chi connectivity index (χ0n) is 37.8. The van der Waals surface area contributed by atoms with Gasteiger partial charge in [-0.3, -0.25) is 14.3 Å². The van der Waals surface area contributed by atoms with Crippen LogP contribution in [0.1, 0.15) is 80.1 Å². The normalized spacial score (nSPS) is 20.1. The molecule has 2 aliphatic heterocycles. The summed E-state index contributed by atoms with van der Waals surface area (Å²) in [6.45, 7) is 14.0. The van der Waals surface area contributed by atoms with Crippen molar-refractivity contribution in [3.8, 4) is 11.5 Å². The van der Waals surface area contributed by atoms with E-state index >= 15 is 4.79 Å². The number of aliphatic hydroxyl groups is 1.